The van der Waals surface area contributed by atoms with Gasteiger partial charge in [0.2, 0.25) is 5.88 Å². The van der Waals surface area contributed by atoms with Crippen molar-refractivity contribution in [2.45, 2.75) is 18.9 Å². The number of nitrogens with zero attached hydrogens (tertiary/aromatic N) is 2. The molecule has 1 saturated carbocycles. The fraction of sp³-hybridized carbons (Fsp3) is 0.500. The molecule has 1 unspecified atom stereocenters. The molecular formula is C10H13N3O3. The van der Waals surface area contributed by atoms with Gasteiger partial charge >= 0.3 is 5.97 Å². The van der Waals surface area contributed by atoms with Crippen molar-refractivity contribution in [3.8, 4) is 5.88 Å². The lowest BCUT2D eigenvalue weighted by Gasteiger charge is -2.10. The van der Waals surface area contributed by atoms with Gasteiger partial charge in [-0.05, 0) is 18.8 Å². The molecule has 1 heterocycles. The van der Waals surface area contributed by atoms with Gasteiger partial charge in [-0.2, -0.15) is 0 Å². The molecule has 0 radical (unpaired) electrons. The zero-order chi connectivity index (χ0) is 11.5. The van der Waals surface area contributed by atoms with Crippen LogP contribution in [0.3, 0.4) is 0 Å². The minimum atomic E-state index is -1.10. The van der Waals surface area contributed by atoms with Crippen molar-refractivity contribution in [1.29, 1.82) is 0 Å². The molecule has 1 aliphatic carbocycles. The van der Waals surface area contributed by atoms with Crippen LogP contribution in [-0.4, -0.2) is 33.7 Å². The molecule has 0 amide bonds. The number of carboxylic acid groups (broad SMARTS) is 1. The Kier molecular flexibility index (Phi) is 3.00. The van der Waals surface area contributed by atoms with E-state index in [4.69, 9.17) is 15.6 Å². The topological polar surface area (TPSA) is 98.3 Å². The normalized spacial score (nSPS) is 16.8. The van der Waals surface area contributed by atoms with Gasteiger partial charge in [-0.25, -0.2) is 14.8 Å². The van der Waals surface area contributed by atoms with E-state index in [0.29, 0.717) is 18.4 Å². The molecule has 0 spiro atoms. The Hall–Kier alpha value is -1.69. The van der Waals surface area contributed by atoms with Gasteiger partial charge in [0, 0.05) is 6.04 Å². The second-order valence-corrected chi connectivity index (χ2v) is 3.86. The monoisotopic (exact) mass is 223 g/mol. The molecule has 0 bridgehead atoms. The fourth-order valence-corrected chi connectivity index (χ4v) is 1.34. The van der Waals surface area contributed by atoms with E-state index in [9.17, 15) is 4.79 Å². The number of carbonyl (C=O) groups is 1. The highest BCUT2D eigenvalue weighted by molar-refractivity contribution is 5.84. The highest BCUT2D eigenvalue weighted by Gasteiger charge is 2.28. The van der Waals surface area contributed by atoms with E-state index in [1.165, 1.54) is 12.4 Å². The lowest BCUT2D eigenvalue weighted by molar-refractivity contribution is 0.0689. The van der Waals surface area contributed by atoms with Crippen LogP contribution in [0.15, 0.2) is 12.4 Å². The summed E-state index contributed by atoms with van der Waals surface area (Å²) in [5, 5.41) is 8.61. The fourth-order valence-electron chi connectivity index (χ4n) is 1.34. The van der Waals surface area contributed by atoms with Crippen molar-refractivity contribution in [1.82, 2.24) is 9.97 Å². The van der Waals surface area contributed by atoms with E-state index in [1.54, 1.807) is 0 Å². The van der Waals surface area contributed by atoms with Crippen LogP contribution in [0.2, 0.25) is 0 Å². The smallest absolute Gasteiger partial charge is 0.356 e. The van der Waals surface area contributed by atoms with Crippen molar-refractivity contribution in [2.75, 3.05) is 6.61 Å². The maximum absolute atomic E-state index is 10.5. The minimum absolute atomic E-state index is 0.0287. The number of carboxylic acids is 1. The van der Waals surface area contributed by atoms with Crippen LogP contribution in [0.4, 0.5) is 0 Å². The van der Waals surface area contributed by atoms with Crippen LogP contribution < -0.4 is 10.5 Å². The number of hydrogen-bond acceptors (Lipinski definition) is 5. The molecule has 0 aromatic carbocycles. The predicted octanol–water partition coefficient (Wildman–Crippen LogP) is 0.291. The standard InChI is InChI=1S/C10H13N3O3/c11-7(6-1-2-6)5-16-9-4-12-8(3-13-9)10(14)15/h3-4,6-7H,1-2,5,11H2,(H,14,15). The van der Waals surface area contributed by atoms with Gasteiger partial charge in [-0.15, -0.1) is 0 Å². The summed E-state index contributed by atoms with van der Waals surface area (Å²) in [6.07, 6.45) is 4.78. The predicted molar refractivity (Wildman–Crippen MR) is 55.2 cm³/mol. The van der Waals surface area contributed by atoms with E-state index in [1.807, 2.05) is 0 Å². The van der Waals surface area contributed by atoms with E-state index in [-0.39, 0.29) is 11.7 Å². The zero-order valence-corrected chi connectivity index (χ0v) is 8.67. The number of nitrogens with two attached hydrogens (primary N) is 1. The molecule has 1 aromatic rings. The molecule has 16 heavy (non-hydrogen) atoms. The van der Waals surface area contributed by atoms with Gasteiger partial charge in [-0.3, -0.25) is 0 Å². The maximum atomic E-state index is 10.5. The van der Waals surface area contributed by atoms with Gasteiger partial charge < -0.3 is 15.6 Å². The molecule has 1 fully saturated rings. The Balaban J connectivity index is 1.86. The lowest BCUT2D eigenvalue weighted by Crippen LogP contribution is -2.30. The molecule has 6 heteroatoms. The Labute approximate surface area is 92.5 Å². The van der Waals surface area contributed by atoms with Crippen molar-refractivity contribution in [3.05, 3.63) is 18.1 Å². The summed E-state index contributed by atoms with van der Waals surface area (Å²) in [5.41, 5.74) is 5.74. The van der Waals surface area contributed by atoms with Gasteiger partial charge in [0.05, 0.1) is 12.4 Å². The molecular weight excluding hydrogens is 210 g/mol. The van der Waals surface area contributed by atoms with Crippen LogP contribution >= 0.6 is 0 Å². The number of rotatable bonds is 5. The molecule has 86 valence electrons. The average molecular weight is 223 g/mol. The first kappa shape index (κ1) is 10.8. The quantitative estimate of drug-likeness (QED) is 0.744. The van der Waals surface area contributed by atoms with Crippen LogP contribution in [0, 0.1) is 5.92 Å². The summed E-state index contributed by atoms with van der Waals surface area (Å²) in [5.74, 6) is -0.235. The third-order valence-corrected chi connectivity index (χ3v) is 2.50. The highest BCUT2D eigenvalue weighted by atomic mass is 16.5. The molecule has 1 aliphatic rings. The van der Waals surface area contributed by atoms with Crippen LogP contribution in [-0.2, 0) is 0 Å². The van der Waals surface area contributed by atoms with Gasteiger partial charge in [-0.1, -0.05) is 0 Å². The first-order chi connectivity index (χ1) is 7.66. The maximum Gasteiger partial charge on any atom is 0.356 e. The van der Waals surface area contributed by atoms with Crippen molar-refractivity contribution >= 4 is 5.97 Å². The zero-order valence-electron chi connectivity index (χ0n) is 8.67. The third-order valence-electron chi connectivity index (χ3n) is 2.50. The van der Waals surface area contributed by atoms with Gasteiger partial charge in [0.1, 0.15) is 6.61 Å². The van der Waals surface area contributed by atoms with E-state index < -0.39 is 5.97 Å². The summed E-state index contributed by atoms with van der Waals surface area (Å²) in [6.45, 7) is 0.395. The number of ether oxygens (including phenoxy) is 1. The molecule has 3 N–H and O–H groups in total. The van der Waals surface area contributed by atoms with E-state index >= 15 is 0 Å². The summed E-state index contributed by atoms with van der Waals surface area (Å²) in [4.78, 5) is 18.0. The van der Waals surface area contributed by atoms with Crippen LogP contribution in [0.1, 0.15) is 23.3 Å². The number of aromatic nitrogens is 2. The molecule has 2 rings (SSSR count). The van der Waals surface area contributed by atoms with Crippen LogP contribution in [0.25, 0.3) is 0 Å². The Bertz CT molecular complexity index is 375. The minimum Gasteiger partial charge on any atom is -0.476 e. The number of hydrogen-bond donors (Lipinski definition) is 2. The lowest BCUT2D eigenvalue weighted by atomic mass is 10.2. The van der Waals surface area contributed by atoms with Crippen LogP contribution in [0.5, 0.6) is 5.88 Å². The average Bonchev–Trinajstić information content (AvgIpc) is 3.10. The Morgan fingerprint density at radius 2 is 2.31 bits per heavy atom. The van der Waals surface area contributed by atoms with E-state index in [2.05, 4.69) is 9.97 Å². The second kappa shape index (κ2) is 4.44. The SMILES string of the molecule is NC(COc1cnc(C(=O)O)cn1)C1CC1. The summed E-state index contributed by atoms with van der Waals surface area (Å²) in [7, 11) is 0. The largest absolute Gasteiger partial charge is 0.476 e. The van der Waals surface area contributed by atoms with E-state index in [0.717, 1.165) is 12.8 Å². The molecule has 1 aromatic heterocycles. The van der Waals surface area contributed by atoms with Gasteiger partial charge in [0.15, 0.2) is 5.69 Å². The molecule has 0 aliphatic heterocycles. The number of aromatic carboxylic acids is 1. The third kappa shape index (κ3) is 2.66. The molecule has 1 atom stereocenters. The second-order valence-electron chi connectivity index (χ2n) is 3.86. The Morgan fingerprint density at radius 1 is 1.56 bits per heavy atom. The highest BCUT2D eigenvalue weighted by Crippen LogP contribution is 2.31. The molecule has 0 saturated heterocycles. The Morgan fingerprint density at radius 3 is 2.81 bits per heavy atom. The summed E-state index contributed by atoms with van der Waals surface area (Å²) < 4.78 is 5.31. The van der Waals surface area contributed by atoms with Crippen molar-refractivity contribution < 1.29 is 14.6 Å². The van der Waals surface area contributed by atoms with Gasteiger partial charge in [0.25, 0.3) is 0 Å². The molecule has 6 nitrogen and oxygen atoms in total. The first-order valence-corrected chi connectivity index (χ1v) is 5.10. The van der Waals surface area contributed by atoms with Crippen molar-refractivity contribution in [2.24, 2.45) is 11.7 Å². The first-order valence-electron chi connectivity index (χ1n) is 5.10. The summed E-state index contributed by atoms with van der Waals surface area (Å²) >= 11 is 0. The summed E-state index contributed by atoms with van der Waals surface area (Å²) in [6, 6.07) is 0.0287. The van der Waals surface area contributed by atoms with Crippen molar-refractivity contribution in [3.63, 3.8) is 0 Å².